The molecule has 1 aliphatic rings. The second kappa shape index (κ2) is 8.95. The summed E-state index contributed by atoms with van der Waals surface area (Å²) < 4.78 is 9.76. The molecular formula is C20H21N3O6S. The molecule has 2 heterocycles. The summed E-state index contributed by atoms with van der Waals surface area (Å²) in [5.74, 6) is -1.89. The third-order valence-corrected chi connectivity index (χ3v) is 5.77. The van der Waals surface area contributed by atoms with Crippen LogP contribution in [0.25, 0.3) is 0 Å². The number of primary amides is 1. The van der Waals surface area contributed by atoms with Crippen molar-refractivity contribution in [1.82, 2.24) is 4.90 Å². The van der Waals surface area contributed by atoms with E-state index in [-0.39, 0.29) is 34.8 Å². The maximum atomic E-state index is 12.9. The number of methoxy groups -OCH3 is 1. The minimum absolute atomic E-state index is 0.105. The summed E-state index contributed by atoms with van der Waals surface area (Å²) in [6.45, 7) is 2.62. The number of anilines is 1. The fraction of sp³-hybridized carbons (Fsp3) is 0.300. The van der Waals surface area contributed by atoms with Gasteiger partial charge in [-0.2, -0.15) is 0 Å². The predicted octanol–water partition coefficient (Wildman–Crippen LogP) is 2.40. The Bertz CT molecular complexity index is 1020. The first-order valence-electron chi connectivity index (χ1n) is 9.22. The summed E-state index contributed by atoms with van der Waals surface area (Å²) in [5, 5.41) is 2.97. The molecule has 2 aromatic rings. The molecule has 9 nitrogen and oxygen atoms in total. The molecule has 0 atom stereocenters. The first-order valence-corrected chi connectivity index (χ1v) is 10.0. The van der Waals surface area contributed by atoms with Crippen LogP contribution in [-0.4, -0.2) is 49.0 Å². The number of amides is 3. The summed E-state index contributed by atoms with van der Waals surface area (Å²) in [7, 11) is 1.23. The van der Waals surface area contributed by atoms with Crippen molar-refractivity contribution in [2.45, 2.75) is 19.9 Å². The van der Waals surface area contributed by atoms with Crippen LogP contribution in [0.2, 0.25) is 0 Å². The molecule has 0 saturated carbocycles. The average Bonchev–Trinajstić information content (AvgIpc) is 3.10. The fourth-order valence-corrected chi connectivity index (χ4v) is 4.53. The molecule has 0 saturated heterocycles. The van der Waals surface area contributed by atoms with E-state index in [1.165, 1.54) is 35.5 Å². The lowest BCUT2D eigenvalue weighted by atomic mass is 10.0. The summed E-state index contributed by atoms with van der Waals surface area (Å²) in [5.41, 5.74) is 6.73. The van der Waals surface area contributed by atoms with Crippen LogP contribution in [-0.2, 0) is 22.4 Å². The zero-order valence-electron chi connectivity index (χ0n) is 16.5. The summed E-state index contributed by atoms with van der Waals surface area (Å²) in [6.07, 6.45) is -0.0212. The molecule has 3 N–H and O–H groups in total. The van der Waals surface area contributed by atoms with E-state index >= 15 is 0 Å². The van der Waals surface area contributed by atoms with Crippen molar-refractivity contribution in [3.8, 4) is 0 Å². The minimum atomic E-state index is -0.673. The Kier molecular flexibility index (Phi) is 6.36. The number of esters is 1. The number of carbonyl (C=O) groups is 4. The van der Waals surface area contributed by atoms with Gasteiger partial charge >= 0.3 is 12.1 Å². The van der Waals surface area contributed by atoms with Crippen LogP contribution < -0.4 is 11.1 Å². The SMILES string of the molecule is CCOC(=O)N1CCc2c(sc(NC(=O)c3ccccc3C(=O)OC)c2C(N)=O)C1. The highest BCUT2D eigenvalue weighted by Crippen LogP contribution is 2.37. The topological polar surface area (TPSA) is 128 Å². The maximum Gasteiger partial charge on any atom is 0.410 e. The quantitative estimate of drug-likeness (QED) is 0.700. The van der Waals surface area contributed by atoms with Crippen molar-refractivity contribution in [1.29, 1.82) is 0 Å². The molecule has 0 spiro atoms. The van der Waals surface area contributed by atoms with Gasteiger partial charge in [0.05, 0.1) is 37.0 Å². The van der Waals surface area contributed by atoms with Crippen molar-refractivity contribution >= 4 is 40.2 Å². The van der Waals surface area contributed by atoms with Crippen LogP contribution >= 0.6 is 11.3 Å². The van der Waals surface area contributed by atoms with E-state index in [0.29, 0.717) is 18.5 Å². The number of hydrogen-bond donors (Lipinski definition) is 2. The van der Waals surface area contributed by atoms with Gasteiger partial charge < -0.3 is 25.4 Å². The second-order valence-corrected chi connectivity index (χ2v) is 7.54. The van der Waals surface area contributed by atoms with Gasteiger partial charge in [-0.15, -0.1) is 11.3 Å². The highest BCUT2D eigenvalue weighted by atomic mass is 32.1. The molecule has 1 aromatic heterocycles. The van der Waals surface area contributed by atoms with Gasteiger partial charge in [-0.25, -0.2) is 9.59 Å². The van der Waals surface area contributed by atoms with E-state index in [9.17, 15) is 19.2 Å². The van der Waals surface area contributed by atoms with E-state index in [1.807, 2.05) is 0 Å². The zero-order chi connectivity index (χ0) is 21.8. The summed E-state index contributed by atoms with van der Waals surface area (Å²) in [6, 6.07) is 6.20. The molecular weight excluding hydrogens is 410 g/mol. The number of carbonyl (C=O) groups excluding carboxylic acids is 4. The second-order valence-electron chi connectivity index (χ2n) is 6.43. The molecule has 158 valence electrons. The van der Waals surface area contributed by atoms with Crippen LogP contribution in [0, 0.1) is 0 Å². The lowest BCUT2D eigenvalue weighted by Crippen LogP contribution is -2.36. The number of fused-ring (bicyclic) bond motifs is 1. The molecule has 0 fully saturated rings. The number of rotatable bonds is 5. The minimum Gasteiger partial charge on any atom is -0.465 e. The monoisotopic (exact) mass is 431 g/mol. The standard InChI is InChI=1S/C20H21N3O6S/c1-3-29-20(27)23-9-8-13-14(10-23)30-18(15(13)16(21)24)22-17(25)11-6-4-5-7-12(11)19(26)28-2/h4-7H,3,8-10H2,1-2H3,(H2,21,24)(H,22,25). The third kappa shape index (κ3) is 4.13. The fourth-order valence-electron chi connectivity index (χ4n) is 3.26. The number of nitrogens with one attached hydrogen (secondary N) is 1. The molecule has 0 aliphatic carbocycles. The van der Waals surface area contributed by atoms with Crippen LogP contribution in [0.3, 0.4) is 0 Å². The maximum absolute atomic E-state index is 12.9. The van der Waals surface area contributed by atoms with Gasteiger partial charge in [-0.3, -0.25) is 9.59 Å². The Morgan fingerprint density at radius 3 is 2.53 bits per heavy atom. The average molecular weight is 431 g/mol. The van der Waals surface area contributed by atoms with Gasteiger partial charge in [0.25, 0.3) is 11.8 Å². The van der Waals surface area contributed by atoms with Gasteiger partial charge in [-0.1, -0.05) is 12.1 Å². The molecule has 3 rings (SSSR count). The van der Waals surface area contributed by atoms with E-state index in [2.05, 4.69) is 5.32 Å². The predicted molar refractivity (Wildman–Crippen MR) is 110 cm³/mol. The summed E-state index contributed by atoms with van der Waals surface area (Å²) in [4.78, 5) is 51.2. The largest absolute Gasteiger partial charge is 0.465 e. The smallest absolute Gasteiger partial charge is 0.410 e. The van der Waals surface area contributed by atoms with Crippen molar-refractivity contribution in [2.24, 2.45) is 5.73 Å². The van der Waals surface area contributed by atoms with Crippen LogP contribution in [0.1, 0.15) is 48.4 Å². The number of ether oxygens (including phenoxy) is 2. The molecule has 3 amide bonds. The molecule has 30 heavy (non-hydrogen) atoms. The number of hydrogen-bond acceptors (Lipinski definition) is 7. The van der Waals surface area contributed by atoms with Gasteiger partial charge in [0.1, 0.15) is 5.00 Å². The van der Waals surface area contributed by atoms with Crippen molar-refractivity contribution in [2.75, 3.05) is 25.6 Å². The summed E-state index contributed by atoms with van der Waals surface area (Å²) >= 11 is 1.17. The first-order chi connectivity index (χ1) is 14.4. The van der Waals surface area contributed by atoms with E-state index in [4.69, 9.17) is 15.2 Å². The van der Waals surface area contributed by atoms with E-state index in [0.717, 1.165) is 4.88 Å². The highest BCUT2D eigenvalue weighted by molar-refractivity contribution is 7.17. The lowest BCUT2D eigenvalue weighted by Gasteiger charge is -2.26. The number of nitrogens with zero attached hydrogens (tertiary/aromatic N) is 1. The normalized spacial score (nSPS) is 12.7. The molecule has 1 aromatic carbocycles. The Morgan fingerprint density at radius 2 is 1.90 bits per heavy atom. The Hall–Kier alpha value is -3.40. The van der Waals surface area contributed by atoms with E-state index < -0.39 is 23.9 Å². The van der Waals surface area contributed by atoms with Gasteiger partial charge in [0.2, 0.25) is 0 Å². The molecule has 0 radical (unpaired) electrons. The Labute approximate surface area is 176 Å². The van der Waals surface area contributed by atoms with Gasteiger partial charge in [0.15, 0.2) is 0 Å². The Morgan fingerprint density at radius 1 is 1.20 bits per heavy atom. The van der Waals surface area contributed by atoms with Gasteiger partial charge in [-0.05, 0) is 31.0 Å². The molecule has 0 unspecified atom stereocenters. The van der Waals surface area contributed by atoms with Crippen LogP contribution in [0.15, 0.2) is 24.3 Å². The molecule has 1 aliphatic heterocycles. The van der Waals surface area contributed by atoms with Crippen molar-refractivity contribution in [3.63, 3.8) is 0 Å². The first kappa shape index (κ1) is 21.3. The zero-order valence-corrected chi connectivity index (χ0v) is 17.3. The lowest BCUT2D eigenvalue weighted by molar-refractivity contribution is 0.0597. The number of thiophene rings is 1. The van der Waals surface area contributed by atoms with Crippen LogP contribution in [0.4, 0.5) is 9.80 Å². The van der Waals surface area contributed by atoms with Crippen molar-refractivity contribution in [3.05, 3.63) is 51.4 Å². The van der Waals surface area contributed by atoms with Crippen LogP contribution in [0.5, 0.6) is 0 Å². The van der Waals surface area contributed by atoms with Gasteiger partial charge in [0, 0.05) is 11.4 Å². The third-order valence-electron chi connectivity index (χ3n) is 4.63. The van der Waals surface area contributed by atoms with Crippen molar-refractivity contribution < 1.29 is 28.7 Å². The number of nitrogens with two attached hydrogens (primary N) is 1. The molecule has 0 bridgehead atoms. The Balaban J connectivity index is 1.91. The highest BCUT2D eigenvalue weighted by Gasteiger charge is 2.30. The molecule has 10 heteroatoms. The number of benzene rings is 1. The van der Waals surface area contributed by atoms with E-state index in [1.54, 1.807) is 19.1 Å².